The highest BCUT2D eigenvalue weighted by Crippen LogP contribution is 2.28. The summed E-state index contributed by atoms with van der Waals surface area (Å²) in [5, 5.41) is 3.29. The van der Waals surface area contributed by atoms with Gasteiger partial charge in [-0.2, -0.15) is 0 Å². The highest BCUT2D eigenvalue weighted by atomic mass is 16.5. The second kappa shape index (κ2) is 8.39. The normalized spacial score (nSPS) is 17.0. The molecule has 2 rings (SSSR count). The molecule has 0 spiro atoms. The van der Waals surface area contributed by atoms with E-state index >= 15 is 0 Å². The Bertz CT molecular complexity index is 454. The lowest BCUT2D eigenvalue weighted by molar-refractivity contribution is 0.171. The van der Waals surface area contributed by atoms with Crippen molar-refractivity contribution in [2.45, 2.75) is 39.3 Å². The monoisotopic (exact) mass is 306 g/mol. The van der Waals surface area contributed by atoms with Crippen LogP contribution in [0.1, 0.15) is 32.3 Å². The fourth-order valence-electron chi connectivity index (χ4n) is 3.03. The Morgan fingerprint density at radius 1 is 1.27 bits per heavy atom. The van der Waals surface area contributed by atoms with Crippen molar-refractivity contribution < 1.29 is 9.47 Å². The number of hydrogen-bond acceptors (Lipinski definition) is 4. The molecule has 0 unspecified atom stereocenters. The van der Waals surface area contributed by atoms with Crippen molar-refractivity contribution in [3.63, 3.8) is 0 Å². The zero-order valence-corrected chi connectivity index (χ0v) is 14.4. The van der Waals surface area contributed by atoms with Gasteiger partial charge in [-0.15, -0.1) is 0 Å². The van der Waals surface area contributed by atoms with Gasteiger partial charge in [0.15, 0.2) is 0 Å². The second-order valence-electron chi connectivity index (χ2n) is 6.42. The predicted octanol–water partition coefficient (Wildman–Crippen LogP) is 2.91. The van der Waals surface area contributed by atoms with Gasteiger partial charge in [0.1, 0.15) is 11.5 Å². The molecule has 1 aliphatic rings. The molecular weight excluding hydrogens is 276 g/mol. The second-order valence-corrected chi connectivity index (χ2v) is 6.42. The number of likely N-dealkylation sites (tertiary alicyclic amines) is 1. The van der Waals surface area contributed by atoms with Crippen molar-refractivity contribution in [1.82, 2.24) is 10.2 Å². The Morgan fingerprint density at radius 2 is 2.00 bits per heavy atom. The first kappa shape index (κ1) is 17.1. The summed E-state index contributed by atoms with van der Waals surface area (Å²) < 4.78 is 11.3. The molecule has 1 aromatic rings. The van der Waals surface area contributed by atoms with Crippen molar-refractivity contribution in [2.75, 3.05) is 33.8 Å². The quantitative estimate of drug-likeness (QED) is 0.840. The van der Waals surface area contributed by atoms with Crippen molar-refractivity contribution in [1.29, 1.82) is 0 Å². The third-order valence-electron chi connectivity index (χ3n) is 4.23. The third-order valence-corrected chi connectivity index (χ3v) is 4.23. The molecule has 124 valence electrons. The Hall–Kier alpha value is -1.26. The van der Waals surface area contributed by atoms with E-state index < -0.39 is 0 Å². The van der Waals surface area contributed by atoms with Crippen LogP contribution >= 0.6 is 0 Å². The van der Waals surface area contributed by atoms with Crippen molar-refractivity contribution in [3.8, 4) is 11.5 Å². The number of nitrogens with zero attached hydrogens (tertiary/aromatic N) is 1. The molecule has 1 N–H and O–H groups in total. The molecule has 1 fully saturated rings. The number of hydrogen-bond donors (Lipinski definition) is 1. The minimum absolute atomic E-state index is 0.173. The predicted molar refractivity (Wildman–Crippen MR) is 90.7 cm³/mol. The molecule has 0 atom stereocenters. The molecule has 0 saturated carbocycles. The molecule has 4 nitrogen and oxygen atoms in total. The molecule has 0 aliphatic carbocycles. The van der Waals surface area contributed by atoms with Crippen LogP contribution in [-0.4, -0.2) is 44.8 Å². The first-order valence-corrected chi connectivity index (χ1v) is 8.33. The Morgan fingerprint density at radius 3 is 2.59 bits per heavy atom. The van der Waals surface area contributed by atoms with Crippen LogP contribution in [0.5, 0.6) is 11.5 Å². The van der Waals surface area contributed by atoms with Crippen LogP contribution < -0.4 is 14.8 Å². The van der Waals surface area contributed by atoms with Gasteiger partial charge in [0.05, 0.1) is 13.2 Å². The molecule has 1 aliphatic heterocycles. The van der Waals surface area contributed by atoms with Crippen LogP contribution in [0.25, 0.3) is 0 Å². The topological polar surface area (TPSA) is 33.7 Å². The molecule has 1 saturated heterocycles. The molecule has 0 radical (unpaired) electrons. The van der Waals surface area contributed by atoms with Gasteiger partial charge < -0.3 is 14.8 Å². The lowest BCUT2D eigenvalue weighted by Crippen LogP contribution is -2.36. The minimum atomic E-state index is 0.173. The SMILES string of the molecule is CNCC1CCN(Cc2ccc(OC)cc2OC(C)C)CC1. The van der Waals surface area contributed by atoms with E-state index in [-0.39, 0.29) is 6.10 Å². The van der Waals surface area contributed by atoms with E-state index in [0.717, 1.165) is 30.5 Å². The van der Waals surface area contributed by atoms with Gasteiger partial charge >= 0.3 is 0 Å². The Kier molecular flexibility index (Phi) is 6.52. The molecule has 0 amide bonds. The maximum atomic E-state index is 5.97. The third kappa shape index (κ3) is 4.89. The molecule has 22 heavy (non-hydrogen) atoms. The van der Waals surface area contributed by atoms with Gasteiger partial charge in [0.25, 0.3) is 0 Å². The van der Waals surface area contributed by atoms with Crippen molar-refractivity contribution >= 4 is 0 Å². The summed E-state index contributed by atoms with van der Waals surface area (Å²) in [5.41, 5.74) is 1.25. The summed E-state index contributed by atoms with van der Waals surface area (Å²) in [7, 11) is 3.74. The van der Waals surface area contributed by atoms with Gasteiger partial charge in [0.2, 0.25) is 0 Å². The highest BCUT2D eigenvalue weighted by molar-refractivity contribution is 5.41. The fraction of sp³-hybridized carbons (Fsp3) is 0.667. The summed E-state index contributed by atoms with van der Waals surface area (Å²) in [5.74, 6) is 2.63. The molecule has 1 heterocycles. The van der Waals surface area contributed by atoms with Crippen molar-refractivity contribution in [3.05, 3.63) is 23.8 Å². The van der Waals surface area contributed by atoms with E-state index in [9.17, 15) is 0 Å². The summed E-state index contributed by atoms with van der Waals surface area (Å²) in [6.45, 7) is 8.55. The number of rotatable bonds is 7. The Balaban J connectivity index is 2.00. The fourth-order valence-corrected chi connectivity index (χ4v) is 3.03. The van der Waals surface area contributed by atoms with E-state index in [1.165, 1.54) is 31.5 Å². The van der Waals surface area contributed by atoms with Gasteiger partial charge in [0, 0.05) is 18.2 Å². The maximum absolute atomic E-state index is 5.97. The summed E-state index contributed by atoms with van der Waals surface area (Å²) in [6.07, 6.45) is 2.72. The number of nitrogens with one attached hydrogen (secondary N) is 1. The van der Waals surface area contributed by atoms with Crippen LogP contribution in [0.4, 0.5) is 0 Å². The Labute approximate surface area is 134 Å². The first-order valence-electron chi connectivity index (χ1n) is 8.33. The van der Waals surface area contributed by atoms with E-state index in [0.29, 0.717) is 0 Å². The zero-order chi connectivity index (χ0) is 15.9. The lowest BCUT2D eigenvalue weighted by Gasteiger charge is -2.32. The lowest BCUT2D eigenvalue weighted by atomic mass is 9.96. The van der Waals surface area contributed by atoms with Crippen LogP contribution in [0, 0.1) is 5.92 Å². The number of benzene rings is 1. The van der Waals surface area contributed by atoms with Crippen LogP contribution in [-0.2, 0) is 6.54 Å². The maximum Gasteiger partial charge on any atom is 0.127 e. The number of methoxy groups -OCH3 is 1. The number of piperidine rings is 1. The zero-order valence-electron chi connectivity index (χ0n) is 14.4. The van der Waals surface area contributed by atoms with Gasteiger partial charge in [-0.3, -0.25) is 4.90 Å². The summed E-state index contributed by atoms with van der Waals surface area (Å²) >= 11 is 0. The highest BCUT2D eigenvalue weighted by Gasteiger charge is 2.20. The van der Waals surface area contributed by atoms with Gasteiger partial charge in [-0.05, 0) is 65.4 Å². The average Bonchev–Trinajstić information content (AvgIpc) is 2.50. The van der Waals surface area contributed by atoms with Crippen molar-refractivity contribution in [2.24, 2.45) is 5.92 Å². The molecule has 1 aromatic carbocycles. The molecule has 0 aromatic heterocycles. The first-order chi connectivity index (χ1) is 10.6. The smallest absolute Gasteiger partial charge is 0.127 e. The largest absolute Gasteiger partial charge is 0.497 e. The van der Waals surface area contributed by atoms with E-state index in [4.69, 9.17) is 9.47 Å². The van der Waals surface area contributed by atoms with E-state index in [1.54, 1.807) is 7.11 Å². The average molecular weight is 306 g/mol. The molecular formula is C18H30N2O2. The van der Waals surface area contributed by atoms with Gasteiger partial charge in [-0.1, -0.05) is 6.07 Å². The van der Waals surface area contributed by atoms with Crippen LogP contribution in [0.3, 0.4) is 0 Å². The van der Waals surface area contributed by atoms with Crippen LogP contribution in [0.15, 0.2) is 18.2 Å². The summed E-state index contributed by atoms with van der Waals surface area (Å²) in [4.78, 5) is 2.53. The standard InChI is InChI=1S/C18H30N2O2/c1-14(2)22-18-11-17(21-4)6-5-16(18)13-20-9-7-15(8-10-20)12-19-3/h5-6,11,14-15,19H,7-10,12-13H2,1-4H3. The van der Waals surface area contributed by atoms with E-state index in [2.05, 4.69) is 30.1 Å². The summed E-state index contributed by atoms with van der Waals surface area (Å²) in [6, 6.07) is 6.16. The molecule has 0 bridgehead atoms. The molecule has 4 heteroatoms. The van der Waals surface area contributed by atoms with Crippen LogP contribution in [0.2, 0.25) is 0 Å². The number of ether oxygens (including phenoxy) is 2. The van der Waals surface area contributed by atoms with Gasteiger partial charge in [-0.25, -0.2) is 0 Å². The van der Waals surface area contributed by atoms with E-state index in [1.807, 2.05) is 19.2 Å². The minimum Gasteiger partial charge on any atom is -0.497 e.